The van der Waals surface area contributed by atoms with E-state index in [1.54, 1.807) is 24.0 Å². The number of hydrogen-bond acceptors (Lipinski definition) is 4. The minimum atomic E-state index is -0.857. The van der Waals surface area contributed by atoms with E-state index < -0.39 is 24.1 Å². The van der Waals surface area contributed by atoms with E-state index in [2.05, 4.69) is 0 Å². The van der Waals surface area contributed by atoms with Crippen LogP contribution in [0.25, 0.3) is 0 Å². The molecule has 6 heteroatoms. The number of para-hydroxylation sites is 2. The molecule has 2 heterocycles. The highest BCUT2D eigenvalue weighted by atomic mass is 16.6. The van der Waals surface area contributed by atoms with Crippen LogP contribution in [0.2, 0.25) is 0 Å². The summed E-state index contributed by atoms with van der Waals surface area (Å²) in [6.45, 7) is 2.47. The van der Waals surface area contributed by atoms with E-state index >= 15 is 0 Å². The number of ether oxygens (including phenoxy) is 2. The minimum Gasteiger partial charge on any atom is -0.482 e. The fourth-order valence-corrected chi connectivity index (χ4v) is 2.73. The minimum absolute atomic E-state index is 0.208. The lowest BCUT2D eigenvalue weighted by atomic mass is 10.1. The molecule has 2 aliphatic heterocycles. The van der Waals surface area contributed by atoms with Gasteiger partial charge in [0.15, 0.2) is 11.5 Å². The summed E-state index contributed by atoms with van der Waals surface area (Å²) in [6.07, 6.45) is -0.650. The fourth-order valence-electron chi connectivity index (χ4n) is 2.73. The van der Waals surface area contributed by atoms with Gasteiger partial charge < -0.3 is 19.5 Å². The number of rotatable bonds is 2. The van der Waals surface area contributed by atoms with Gasteiger partial charge in [-0.05, 0) is 25.5 Å². The Labute approximate surface area is 122 Å². The van der Waals surface area contributed by atoms with E-state index in [-0.39, 0.29) is 12.5 Å². The lowest BCUT2D eigenvalue weighted by molar-refractivity contribution is -0.144. The van der Waals surface area contributed by atoms with Crippen LogP contribution in [0.15, 0.2) is 24.3 Å². The molecule has 0 aromatic heterocycles. The molecule has 0 saturated carbocycles. The van der Waals surface area contributed by atoms with Crippen molar-refractivity contribution >= 4 is 11.9 Å². The van der Waals surface area contributed by atoms with Crippen molar-refractivity contribution in [1.29, 1.82) is 0 Å². The predicted molar refractivity (Wildman–Crippen MR) is 73.3 cm³/mol. The molecule has 0 aliphatic carbocycles. The number of hydrogen-bond donors (Lipinski definition) is 1. The van der Waals surface area contributed by atoms with Gasteiger partial charge in [0, 0.05) is 13.1 Å². The van der Waals surface area contributed by atoms with Crippen molar-refractivity contribution in [2.24, 2.45) is 5.92 Å². The van der Waals surface area contributed by atoms with Crippen LogP contribution in [0, 0.1) is 5.92 Å². The van der Waals surface area contributed by atoms with E-state index in [1.807, 2.05) is 12.1 Å². The summed E-state index contributed by atoms with van der Waals surface area (Å²) in [7, 11) is 0. The highest BCUT2D eigenvalue weighted by molar-refractivity contribution is 5.84. The molecule has 1 N–H and O–H groups in total. The number of amides is 1. The van der Waals surface area contributed by atoms with Gasteiger partial charge in [-0.2, -0.15) is 0 Å². The number of carboxylic acid groups (broad SMARTS) is 1. The molecule has 0 bridgehead atoms. The van der Waals surface area contributed by atoms with Gasteiger partial charge in [0.25, 0.3) is 5.91 Å². The average Bonchev–Trinajstić information content (AvgIpc) is 2.96. The van der Waals surface area contributed by atoms with Crippen molar-refractivity contribution in [3.63, 3.8) is 0 Å². The topological polar surface area (TPSA) is 76.1 Å². The molecule has 21 heavy (non-hydrogen) atoms. The monoisotopic (exact) mass is 291 g/mol. The summed E-state index contributed by atoms with van der Waals surface area (Å²) in [5, 5.41) is 9.01. The highest BCUT2D eigenvalue weighted by Gasteiger charge is 2.40. The average molecular weight is 291 g/mol. The number of carbonyl (C=O) groups is 2. The maximum Gasteiger partial charge on any atom is 0.308 e. The lowest BCUT2D eigenvalue weighted by Crippen LogP contribution is -2.50. The van der Waals surface area contributed by atoms with Crippen LogP contribution in [0.4, 0.5) is 0 Å². The Kier molecular flexibility index (Phi) is 3.45. The molecule has 1 fully saturated rings. The maximum absolute atomic E-state index is 12.5. The Balaban J connectivity index is 1.73. The lowest BCUT2D eigenvalue weighted by Gasteiger charge is -2.33. The molecule has 112 valence electrons. The van der Waals surface area contributed by atoms with Gasteiger partial charge in [0.05, 0.1) is 5.92 Å². The SMILES string of the molecule is C[C@@H]1Oc2ccccc2O[C@H]1C(=O)N1CC[C@@H](C(=O)O)C1. The first-order valence-electron chi connectivity index (χ1n) is 7.00. The Bertz CT molecular complexity index is 573. The molecule has 3 atom stereocenters. The number of nitrogens with zero attached hydrogens (tertiary/aromatic N) is 1. The van der Waals surface area contributed by atoms with E-state index in [9.17, 15) is 9.59 Å². The number of likely N-dealkylation sites (tertiary alicyclic amines) is 1. The zero-order valence-electron chi connectivity index (χ0n) is 11.7. The molecule has 0 spiro atoms. The number of fused-ring (bicyclic) bond motifs is 1. The molecule has 1 amide bonds. The predicted octanol–water partition coefficient (Wildman–Crippen LogP) is 1.15. The second kappa shape index (κ2) is 5.27. The van der Waals surface area contributed by atoms with Crippen LogP contribution < -0.4 is 9.47 Å². The van der Waals surface area contributed by atoms with Gasteiger partial charge in [-0.3, -0.25) is 9.59 Å². The highest BCUT2D eigenvalue weighted by Crippen LogP contribution is 2.34. The molecule has 1 saturated heterocycles. The van der Waals surface area contributed by atoms with E-state index in [1.165, 1.54) is 0 Å². The van der Waals surface area contributed by atoms with Gasteiger partial charge in [0.2, 0.25) is 6.10 Å². The maximum atomic E-state index is 12.5. The Hall–Kier alpha value is -2.24. The van der Waals surface area contributed by atoms with E-state index in [4.69, 9.17) is 14.6 Å². The van der Waals surface area contributed by atoms with Crippen molar-refractivity contribution in [2.45, 2.75) is 25.6 Å². The van der Waals surface area contributed by atoms with Crippen molar-refractivity contribution in [1.82, 2.24) is 4.90 Å². The first-order chi connectivity index (χ1) is 10.1. The van der Waals surface area contributed by atoms with Gasteiger partial charge in [-0.1, -0.05) is 12.1 Å². The Morgan fingerprint density at radius 1 is 1.24 bits per heavy atom. The second-order valence-corrected chi connectivity index (χ2v) is 5.42. The van der Waals surface area contributed by atoms with Crippen molar-refractivity contribution in [3.8, 4) is 11.5 Å². The zero-order valence-corrected chi connectivity index (χ0v) is 11.7. The third-order valence-corrected chi connectivity index (χ3v) is 3.93. The second-order valence-electron chi connectivity index (χ2n) is 5.42. The van der Waals surface area contributed by atoms with Gasteiger partial charge >= 0.3 is 5.97 Å². The van der Waals surface area contributed by atoms with Crippen molar-refractivity contribution in [3.05, 3.63) is 24.3 Å². The summed E-state index contributed by atoms with van der Waals surface area (Å²) < 4.78 is 11.5. The smallest absolute Gasteiger partial charge is 0.308 e. The summed E-state index contributed by atoms with van der Waals surface area (Å²) in [5.41, 5.74) is 0. The summed E-state index contributed by atoms with van der Waals surface area (Å²) in [6, 6.07) is 7.21. The fraction of sp³-hybridized carbons (Fsp3) is 0.467. The quantitative estimate of drug-likeness (QED) is 0.884. The molecule has 6 nitrogen and oxygen atoms in total. The van der Waals surface area contributed by atoms with Crippen molar-refractivity contribution < 1.29 is 24.2 Å². The molecule has 0 unspecified atom stereocenters. The normalized spacial score (nSPS) is 27.5. The number of benzene rings is 1. The molecule has 1 aromatic carbocycles. The van der Waals surface area contributed by atoms with Crippen LogP contribution >= 0.6 is 0 Å². The summed E-state index contributed by atoms with van der Waals surface area (Å²) >= 11 is 0. The van der Waals surface area contributed by atoms with Crippen molar-refractivity contribution in [2.75, 3.05) is 13.1 Å². The first-order valence-corrected chi connectivity index (χ1v) is 7.00. The van der Waals surface area contributed by atoms with Crippen LogP contribution in [0.5, 0.6) is 11.5 Å². The zero-order chi connectivity index (χ0) is 15.0. The van der Waals surface area contributed by atoms with Crippen LogP contribution in [0.3, 0.4) is 0 Å². The van der Waals surface area contributed by atoms with Crippen LogP contribution in [-0.2, 0) is 9.59 Å². The van der Waals surface area contributed by atoms with E-state index in [0.717, 1.165) is 0 Å². The molecule has 0 radical (unpaired) electrons. The number of carboxylic acids is 1. The standard InChI is InChI=1S/C15H17NO5/c1-9-13(21-12-5-3-2-4-11(12)20-9)14(17)16-7-6-10(8-16)15(18)19/h2-5,9-10,13H,6-8H2,1H3,(H,18,19)/t9-,10+,13+/m0/s1. The Morgan fingerprint density at radius 3 is 2.52 bits per heavy atom. The van der Waals surface area contributed by atoms with Crippen LogP contribution in [-0.4, -0.2) is 47.2 Å². The molecule has 1 aromatic rings. The molecule has 2 aliphatic rings. The van der Waals surface area contributed by atoms with Gasteiger partial charge in [-0.15, -0.1) is 0 Å². The molecule has 3 rings (SSSR count). The summed E-state index contributed by atoms with van der Waals surface area (Å²) in [4.78, 5) is 25.0. The number of carbonyl (C=O) groups excluding carboxylic acids is 1. The first kappa shape index (κ1) is 13.7. The Morgan fingerprint density at radius 2 is 1.90 bits per heavy atom. The van der Waals surface area contributed by atoms with Gasteiger partial charge in [-0.25, -0.2) is 0 Å². The molecular formula is C15H17NO5. The van der Waals surface area contributed by atoms with Crippen LogP contribution in [0.1, 0.15) is 13.3 Å². The third kappa shape index (κ3) is 2.53. The third-order valence-electron chi connectivity index (χ3n) is 3.93. The van der Waals surface area contributed by atoms with Gasteiger partial charge in [0.1, 0.15) is 6.10 Å². The largest absolute Gasteiger partial charge is 0.482 e. The number of aliphatic carboxylic acids is 1. The molecular weight excluding hydrogens is 274 g/mol. The summed E-state index contributed by atoms with van der Waals surface area (Å²) in [5.74, 6) is -0.381. The van der Waals surface area contributed by atoms with E-state index in [0.29, 0.717) is 24.5 Å².